The molecule has 1 aliphatic rings. The Hall–Kier alpha value is -2.60. The summed E-state index contributed by atoms with van der Waals surface area (Å²) in [7, 11) is 1.79. The average molecular weight is 366 g/mol. The van der Waals surface area contributed by atoms with Gasteiger partial charge in [-0.15, -0.1) is 0 Å². The quantitative estimate of drug-likeness (QED) is 0.690. The van der Waals surface area contributed by atoms with E-state index >= 15 is 0 Å². The van der Waals surface area contributed by atoms with E-state index in [1.54, 1.807) is 18.0 Å². The summed E-state index contributed by atoms with van der Waals surface area (Å²) in [5.41, 5.74) is 1.85. The number of furan rings is 1. The van der Waals surface area contributed by atoms with E-state index in [2.05, 4.69) is 16.8 Å². The van der Waals surface area contributed by atoms with Crippen molar-refractivity contribution >= 4 is 11.6 Å². The number of carbonyl (C=O) groups is 1. The van der Waals surface area contributed by atoms with Crippen LogP contribution in [0.4, 0.5) is 0 Å². The predicted octanol–water partition coefficient (Wildman–Crippen LogP) is 3.75. The number of rotatable bonds is 5. The van der Waals surface area contributed by atoms with Crippen LogP contribution in [-0.2, 0) is 6.54 Å². The molecule has 1 fully saturated rings. The Morgan fingerprint density at radius 1 is 1.22 bits per heavy atom. The Labute approximate surface area is 159 Å². The number of fused-ring (bicyclic) bond motifs is 1. The molecule has 6 nitrogen and oxygen atoms in total. The molecule has 1 aliphatic heterocycles. The molecule has 1 atom stereocenters. The van der Waals surface area contributed by atoms with Gasteiger partial charge in [0, 0.05) is 13.2 Å². The van der Waals surface area contributed by atoms with Crippen LogP contribution in [0.15, 0.2) is 47.1 Å². The number of carbonyl (C=O) groups excluding carboxylic acids is 1. The fourth-order valence-corrected chi connectivity index (χ4v) is 3.78. The van der Waals surface area contributed by atoms with Crippen LogP contribution in [0, 0.1) is 0 Å². The maximum absolute atomic E-state index is 12.8. The van der Waals surface area contributed by atoms with Gasteiger partial charge < -0.3 is 13.7 Å². The maximum Gasteiger partial charge on any atom is 0.289 e. The number of aromatic nitrogens is 2. The summed E-state index contributed by atoms with van der Waals surface area (Å²) in [4.78, 5) is 21.3. The van der Waals surface area contributed by atoms with Crippen LogP contribution in [0.5, 0.6) is 0 Å². The lowest BCUT2D eigenvalue weighted by Gasteiger charge is -2.31. The third kappa shape index (κ3) is 3.62. The zero-order valence-electron chi connectivity index (χ0n) is 16.0. The molecule has 0 aliphatic carbocycles. The third-order valence-electron chi connectivity index (χ3n) is 5.43. The number of hydrogen-bond donors (Lipinski definition) is 0. The zero-order valence-corrected chi connectivity index (χ0v) is 16.0. The Bertz CT molecular complexity index is 923. The second-order valence-electron chi connectivity index (χ2n) is 7.31. The first-order valence-electron chi connectivity index (χ1n) is 9.63. The van der Waals surface area contributed by atoms with Crippen LogP contribution in [0.2, 0.25) is 0 Å². The second kappa shape index (κ2) is 7.56. The lowest BCUT2D eigenvalue weighted by Crippen LogP contribution is -2.32. The minimum absolute atomic E-state index is 0.113. The van der Waals surface area contributed by atoms with Crippen molar-refractivity contribution in [1.82, 2.24) is 19.2 Å². The van der Waals surface area contributed by atoms with Crippen LogP contribution < -0.4 is 0 Å². The molecular formula is C21H26N4O2. The molecule has 0 unspecified atom stereocenters. The van der Waals surface area contributed by atoms with E-state index in [4.69, 9.17) is 4.42 Å². The van der Waals surface area contributed by atoms with Gasteiger partial charge in [0.1, 0.15) is 11.4 Å². The Morgan fingerprint density at radius 3 is 2.85 bits per heavy atom. The van der Waals surface area contributed by atoms with Crippen LogP contribution in [0.1, 0.15) is 54.2 Å². The Kier molecular flexibility index (Phi) is 4.99. The van der Waals surface area contributed by atoms with Gasteiger partial charge in [0.2, 0.25) is 0 Å². The molecule has 1 amide bonds. The van der Waals surface area contributed by atoms with E-state index in [-0.39, 0.29) is 11.9 Å². The van der Waals surface area contributed by atoms with Gasteiger partial charge in [-0.2, -0.15) is 0 Å². The number of pyridine rings is 1. The highest BCUT2D eigenvalue weighted by molar-refractivity contribution is 5.91. The molecule has 0 radical (unpaired) electrons. The van der Waals surface area contributed by atoms with Crippen molar-refractivity contribution in [2.75, 3.05) is 20.1 Å². The second-order valence-corrected chi connectivity index (χ2v) is 7.31. The summed E-state index contributed by atoms with van der Waals surface area (Å²) < 4.78 is 7.93. The minimum atomic E-state index is -0.113. The smallest absolute Gasteiger partial charge is 0.289 e. The number of hydrogen-bond acceptors (Lipinski definition) is 4. The molecule has 0 spiro atoms. The fraction of sp³-hybridized carbons (Fsp3) is 0.429. The van der Waals surface area contributed by atoms with E-state index in [9.17, 15) is 4.79 Å². The molecule has 6 heteroatoms. The molecule has 0 bridgehead atoms. The van der Waals surface area contributed by atoms with Crippen molar-refractivity contribution in [2.45, 2.75) is 38.8 Å². The average Bonchev–Trinajstić information content (AvgIpc) is 3.35. The van der Waals surface area contributed by atoms with Crippen LogP contribution in [-0.4, -0.2) is 45.2 Å². The van der Waals surface area contributed by atoms with Crippen molar-refractivity contribution in [1.29, 1.82) is 0 Å². The van der Waals surface area contributed by atoms with Crippen LogP contribution >= 0.6 is 0 Å². The molecule has 4 rings (SSSR count). The largest absolute Gasteiger partial charge is 0.454 e. The molecule has 3 aromatic heterocycles. The number of piperidine rings is 1. The van der Waals surface area contributed by atoms with Crippen LogP contribution in [0.25, 0.3) is 5.65 Å². The normalized spacial score (nSPS) is 16.5. The van der Waals surface area contributed by atoms with Gasteiger partial charge >= 0.3 is 0 Å². The number of imidazole rings is 1. The van der Waals surface area contributed by atoms with Gasteiger partial charge in [-0.05, 0) is 57.1 Å². The molecule has 4 heterocycles. The lowest BCUT2D eigenvalue weighted by molar-refractivity contribution is 0.0743. The van der Waals surface area contributed by atoms with Crippen molar-refractivity contribution in [3.63, 3.8) is 0 Å². The molecule has 0 aromatic carbocycles. The first-order chi connectivity index (χ1) is 13.1. The zero-order chi connectivity index (χ0) is 18.8. The van der Waals surface area contributed by atoms with Gasteiger partial charge in [0.15, 0.2) is 5.76 Å². The summed E-state index contributed by atoms with van der Waals surface area (Å²) in [5, 5.41) is 0. The molecular weight excluding hydrogens is 340 g/mol. The standard InChI is InChI=1S/C21H26N4O2/c1-16(24-11-5-3-6-12-24)18-9-10-19(27-18)21(26)23(2)15-17-14-22-20-8-4-7-13-25(17)20/h4,7-10,13-14,16H,3,5-6,11-12,15H2,1-2H3/t16-/m0/s1. The lowest BCUT2D eigenvalue weighted by atomic mass is 10.1. The molecule has 0 saturated carbocycles. The molecule has 1 saturated heterocycles. The van der Waals surface area contributed by atoms with E-state index in [0.29, 0.717) is 12.3 Å². The predicted molar refractivity (Wildman–Crippen MR) is 104 cm³/mol. The van der Waals surface area contributed by atoms with Gasteiger partial charge in [-0.1, -0.05) is 12.5 Å². The highest BCUT2D eigenvalue weighted by Gasteiger charge is 2.23. The highest BCUT2D eigenvalue weighted by atomic mass is 16.4. The molecule has 3 aromatic rings. The summed E-state index contributed by atoms with van der Waals surface area (Å²) in [6, 6.07) is 9.80. The van der Waals surface area contributed by atoms with Crippen molar-refractivity contribution in [3.8, 4) is 0 Å². The molecule has 142 valence electrons. The summed E-state index contributed by atoms with van der Waals surface area (Å²) >= 11 is 0. The fourth-order valence-electron chi connectivity index (χ4n) is 3.78. The van der Waals surface area contributed by atoms with E-state index in [0.717, 1.165) is 30.2 Å². The minimum Gasteiger partial charge on any atom is -0.454 e. The monoisotopic (exact) mass is 366 g/mol. The maximum atomic E-state index is 12.8. The van der Waals surface area contributed by atoms with Crippen LogP contribution in [0.3, 0.4) is 0 Å². The van der Waals surface area contributed by atoms with Gasteiger partial charge in [-0.3, -0.25) is 9.69 Å². The number of nitrogens with zero attached hydrogens (tertiary/aromatic N) is 4. The van der Waals surface area contributed by atoms with Gasteiger partial charge in [-0.25, -0.2) is 4.98 Å². The van der Waals surface area contributed by atoms with Crippen molar-refractivity contribution in [3.05, 3.63) is 59.9 Å². The van der Waals surface area contributed by atoms with E-state index < -0.39 is 0 Å². The number of amides is 1. The van der Waals surface area contributed by atoms with Gasteiger partial charge in [0.25, 0.3) is 5.91 Å². The first-order valence-corrected chi connectivity index (χ1v) is 9.63. The van der Waals surface area contributed by atoms with E-state index in [1.165, 1.54) is 19.3 Å². The molecule has 27 heavy (non-hydrogen) atoms. The first kappa shape index (κ1) is 17.8. The van der Waals surface area contributed by atoms with Crippen molar-refractivity contribution in [2.24, 2.45) is 0 Å². The molecule has 0 N–H and O–H groups in total. The Morgan fingerprint density at radius 2 is 2.04 bits per heavy atom. The highest BCUT2D eigenvalue weighted by Crippen LogP contribution is 2.26. The summed E-state index contributed by atoms with van der Waals surface area (Å²) in [6.45, 7) is 4.82. The number of likely N-dealkylation sites (tertiary alicyclic amines) is 1. The topological polar surface area (TPSA) is 54.0 Å². The third-order valence-corrected chi connectivity index (χ3v) is 5.43. The SMILES string of the molecule is C[C@@H](c1ccc(C(=O)N(C)Cc2cnc3ccccn23)o1)N1CCCCC1. The van der Waals surface area contributed by atoms with Gasteiger partial charge in [0.05, 0.1) is 24.5 Å². The van der Waals surface area contributed by atoms with E-state index in [1.807, 2.05) is 41.1 Å². The Balaban J connectivity index is 1.45. The summed E-state index contributed by atoms with van der Waals surface area (Å²) in [5.74, 6) is 1.15. The summed E-state index contributed by atoms with van der Waals surface area (Å²) in [6.07, 6.45) is 7.54. The van der Waals surface area contributed by atoms with Crippen molar-refractivity contribution < 1.29 is 9.21 Å².